The maximum Gasteiger partial charge on any atom is 0.292 e. The van der Waals surface area contributed by atoms with Crippen LogP contribution in [0.25, 0.3) is 0 Å². The number of nitrogens with two attached hydrogens (primary N) is 1. The van der Waals surface area contributed by atoms with Gasteiger partial charge in [0.25, 0.3) is 11.6 Å². The van der Waals surface area contributed by atoms with Crippen LogP contribution >= 0.6 is 15.9 Å². The molecule has 1 aromatic carbocycles. The zero-order chi connectivity index (χ0) is 14.7. The van der Waals surface area contributed by atoms with Crippen LogP contribution in [0.15, 0.2) is 41.0 Å². The molecule has 0 bridgehead atoms. The molecule has 102 valence electrons. The molecule has 0 saturated carbocycles. The molecule has 1 heterocycles. The average molecular weight is 337 g/mol. The predicted molar refractivity (Wildman–Crippen MR) is 77.4 cm³/mol. The van der Waals surface area contributed by atoms with E-state index in [2.05, 4.69) is 26.2 Å². The van der Waals surface area contributed by atoms with Crippen LogP contribution in [0.3, 0.4) is 0 Å². The van der Waals surface area contributed by atoms with Crippen molar-refractivity contribution in [1.82, 2.24) is 4.98 Å². The molecule has 0 aliphatic carbocycles. The summed E-state index contributed by atoms with van der Waals surface area (Å²) in [6.07, 6.45) is 1.53. The molecule has 0 saturated heterocycles. The number of hydrogen-bond donors (Lipinski definition) is 2. The summed E-state index contributed by atoms with van der Waals surface area (Å²) in [4.78, 5) is 26.0. The van der Waals surface area contributed by atoms with Crippen LogP contribution in [-0.2, 0) is 0 Å². The first kappa shape index (κ1) is 13.9. The summed E-state index contributed by atoms with van der Waals surface area (Å²) >= 11 is 3.25. The van der Waals surface area contributed by atoms with E-state index in [0.717, 1.165) is 0 Å². The Kier molecular flexibility index (Phi) is 3.94. The average Bonchev–Trinajstić information content (AvgIpc) is 2.40. The largest absolute Gasteiger partial charge is 0.393 e. The van der Waals surface area contributed by atoms with Crippen LogP contribution < -0.4 is 11.1 Å². The van der Waals surface area contributed by atoms with Gasteiger partial charge in [0.2, 0.25) is 0 Å². The minimum atomic E-state index is -0.605. The summed E-state index contributed by atoms with van der Waals surface area (Å²) in [6, 6.07) is 7.22. The van der Waals surface area contributed by atoms with Crippen LogP contribution in [-0.4, -0.2) is 15.8 Å². The van der Waals surface area contributed by atoms with Gasteiger partial charge in [-0.15, -0.1) is 0 Å². The first-order valence-electron chi connectivity index (χ1n) is 5.45. The highest BCUT2D eigenvalue weighted by Crippen LogP contribution is 2.23. The molecule has 20 heavy (non-hydrogen) atoms. The number of anilines is 2. The number of pyridine rings is 1. The molecule has 0 spiro atoms. The van der Waals surface area contributed by atoms with Gasteiger partial charge in [-0.3, -0.25) is 14.9 Å². The molecule has 0 radical (unpaired) electrons. The minimum absolute atomic E-state index is 0.0669. The van der Waals surface area contributed by atoms with Crippen LogP contribution in [0.5, 0.6) is 0 Å². The third-order valence-electron chi connectivity index (χ3n) is 2.48. The predicted octanol–water partition coefficient (Wildman–Crippen LogP) is 2.59. The molecule has 1 aromatic heterocycles. The van der Waals surface area contributed by atoms with Crippen molar-refractivity contribution >= 4 is 39.0 Å². The molecule has 0 aliphatic rings. The zero-order valence-corrected chi connectivity index (χ0v) is 11.6. The van der Waals surface area contributed by atoms with E-state index in [4.69, 9.17) is 5.73 Å². The molecule has 1 amide bonds. The standard InChI is InChI=1S/C12H9BrN4O3/c13-8-2-1-5-15-11(8)16-12(18)7-3-4-10(17(19)20)9(14)6-7/h1-6H,14H2,(H,15,16,18). The van der Waals surface area contributed by atoms with E-state index < -0.39 is 10.8 Å². The monoisotopic (exact) mass is 336 g/mol. The van der Waals surface area contributed by atoms with E-state index in [1.54, 1.807) is 12.1 Å². The number of carbonyl (C=O) groups excluding carboxylic acids is 1. The van der Waals surface area contributed by atoms with Crippen molar-refractivity contribution in [2.75, 3.05) is 11.1 Å². The van der Waals surface area contributed by atoms with Crippen molar-refractivity contribution in [2.24, 2.45) is 0 Å². The summed E-state index contributed by atoms with van der Waals surface area (Å²) in [5.74, 6) is -0.0968. The van der Waals surface area contributed by atoms with Crippen molar-refractivity contribution in [1.29, 1.82) is 0 Å². The number of nitro groups is 1. The van der Waals surface area contributed by atoms with Crippen molar-refractivity contribution < 1.29 is 9.72 Å². The van der Waals surface area contributed by atoms with Crippen LogP contribution in [0.1, 0.15) is 10.4 Å². The van der Waals surface area contributed by atoms with E-state index in [0.29, 0.717) is 10.3 Å². The van der Waals surface area contributed by atoms with Crippen LogP contribution in [0.4, 0.5) is 17.2 Å². The number of halogens is 1. The first-order valence-corrected chi connectivity index (χ1v) is 6.24. The maximum atomic E-state index is 12.0. The van der Waals surface area contributed by atoms with Crippen LogP contribution in [0.2, 0.25) is 0 Å². The number of benzene rings is 1. The first-order chi connectivity index (χ1) is 9.49. The van der Waals surface area contributed by atoms with Crippen molar-refractivity contribution in [3.05, 3.63) is 56.7 Å². The van der Waals surface area contributed by atoms with Gasteiger partial charge >= 0.3 is 0 Å². The third kappa shape index (κ3) is 2.91. The van der Waals surface area contributed by atoms with E-state index >= 15 is 0 Å². The van der Waals surface area contributed by atoms with Crippen molar-refractivity contribution in [3.8, 4) is 0 Å². The molecular formula is C12H9BrN4O3. The van der Waals surface area contributed by atoms with Gasteiger partial charge in [0, 0.05) is 17.8 Å². The Bertz CT molecular complexity index is 690. The normalized spacial score (nSPS) is 10.1. The highest BCUT2D eigenvalue weighted by molar-refractivity contribution is 9.10. The molecule has 7 nitrogen and oxygen atoms in total. The lowest BCUT2D eigenvalue weighted by Crippen LogP contribution is -2.13. The summed E-state index contributed by atoms with van der Waals surface area (Å²) in [5, 5.41) is 13.2. The number of aromatic nitrogens is 1. The molecule has 8 heteroatoms. The van der Waals surface area contributed by atoms with Gasteiger partial charge in [-0.1, -0.05) is 0 Å². The van der Waals surface area contributed by atoms with Gasteiger partial charge < -0.3 is 11.1 Å². The number of nitrogens with zero attached hydrogens (tertiary/aromatic N) is 2. The molecule has 3 N–H and O–H groups in total. The number of nitrogen functional groups attached to an aromatic ring is 1. The highest BCUT2D eigenvalue weighted by atomic mass is 79.9. The van der Waals surface area contributed by atoms with E-state index in [9.17, 15) is 14.9 Å². The van der Waals surface area contributed by atoms with Gasteiger partial charge in [0.1, 0.15) is 11.5 Å². The second-order valence-electron chi connectivity index (χ2n) is 3.82. The third-order valence-corrected chi connectivity index (χ3v) is 3.12. The lowest BCUT2D eigenvalue weighted by molar-refractivity contribution is -0.383. The molecule has 2 rings (SSSR count). The minimum Gasteiger partial charge on any atom is -0.393 e. The summed E-state index contributed by atoms with van der Waals surface area (Å²) in [7, 11) is 0. The Balaban J connectivity index is 2.24. The van der Waals surface area contributed by atoms with Gasteiger partial charge in [-0.05, 0) is 40.2 Å². The molecule has 0 fully saturated rings. The van der Waals surface area contributed by atoms with Gasteiger partial charge in [-0.25, -0.2) is 4.98 Å². The smallest absolute Gasteiger partial charge is 0.292 e. The summed E-state index contributed by atoms with van der Waals surface area (Å²) in [6.45, 7) is 0. The number of rotatable bonds is 3. The molecule has 2 aromatic rings. The fourth-order valence-corrected chi connectivity index (χ4v) is 1.87. The fraction of sp³-hybridized carbons (Fsp3) is 0. The van der Waals surface area contributed by atoms with Gasteiger partial charge in [-0.2, -0.15) is 0 Å². The van der Waals surface area contributed by atoms with Crippen molar-refractivity contribution in [3.63, 3.8) is 0 Å². The second kappa shape index (κ2) is 5.66. The van der Waals surface area contributed by atoms with Gasteiger partial charge in [0.15, 0.2) is 0 Å². The molecule has 0 aliphatic heterocycles. The number of amides is 1. The number of nitrogens with one attached hydrogen (secondary N) is 1. The Morgan fingerprint density at radius 2 is 2.15 bits per heavy atom. The lowest BCUT2D eigenvalue weighted by atomic mass is 10.1. The Hall–Kier alpha value is -2.48. The molecular weight excluding hydrogens is 328 g/mol. The summed E-state index contributed by atoms with van der Waals surface area (Å²) < 4.78 is 0.628. The topological polar surface area (TPSA) is 111 Å². The Morgan fingerprint density at radius 3 is 2.75 bits per heavy atom. The van der Waals surface area contributed by atoms with E-state index in [1.165, 1.54) is 24.4 Å². The number of hydrogen-bond acceptors (Lipinski definition) is 5. The number of nitro benzene ring substituents is 1. The van der Waals surface area contributed by atoms with E-state index in [-0.39, 0.29) is 16.9 Å². The quantitative estimate of drug-likeness (QED) is 0.508. The SMILES string of the molecule is Nc1cc(C(=O)Nc2ncccc2Br)ccc1[N+](=O)[O-]. The second-order valence-corrected chi connectivity index (χ2v) is 4.67. The lowest BCUT2D eigenvalue weighted by Gasteiger charge is -2.06. The summed E-state index contributed by atoms with van der Waals surface area (Å²) in [5.41, 5.74) is 5.45. The van der Waals surface area contributed by atoms with Crippen molar-refractivity contribution in [2.45, 2.75) is 0 Å². The fourth-order valence-electron chi connectivity index (χ4n) is 1.52. The molecule has 0 unspecified atom stereocenters. The van der Waals surface area contributed by atoms with Gasteiger partial charge in [0.05, 0.1) is 9.40 Å². The number of carbonyl (C=O) groups is 1. The van der Waals surface area contributed by atoms with E-state index in [1.807, 2.05) is 0 Å². The Labute approximate surface area is 122 Å². The van der Waals surface area contributed by atoms with Crippen LogP contribution in [0, 0.1) is 10.1 Å². The molecule has 0 atom stereocenters. The highest BCUT2D eigenvalue weighted by Gasteiger charge is 2.15. The zero-order valence-electron chi connectivity index (χ0n) is 10.0. The maximum absolute atomic E-state index is 12.0. The Morgan fingerprint density at radius 1 is 1.40 bits per heavy atom.